The summed E-state index contributed by atoms with van der Waals surface area (Å²) < 4.78 is 11.3. The van der Waals surface area contributed by atoms with Crippen LogP contribution in [0.5, 0.6) is 0 Å². The topological polar surface area (TPSA) is 75.9 Å². The predicted octanol–water partition coefficient (Wildman–Crippen LogP) is 1.91. The van der Waals surface area contributed by atoms with Gasteiger partial charge in [0, 0.05) is 30.6 Å². The molecule has 2 amide bonds. The Morgan fingerprint density at radius 3 is 2.85 bits per heavy atom. The summed E-state index contributed by atoms with van der Waals surface area (Å²) in [5.74, 6) is 0.699. The lowest BCUT2D eigenvalue weighted by molar-refractivity contribution is -0.179. The summed E-state index contributed by atoms with van der Waals surface area (Å²) in [6.07, 6.45) is 4.91. The molecule has 4 heterocycles. The van der Waals surface area contributed by atoms with Crippen LogP contribution in [0.25, 0.3) is 11.3 Å². The van der Waals surface area contributed by atoms with Crippen molar-refractivity contribution in [3.63, 3.8) is 0 Å². The standard InChI is InChI=1S/C19H19N3O4/c23-17-10-16-19(22(17)7-1-9-26-19)6-8-21(16)18(24)14-4-2-13(3-5-14)15-11-20-12-25-15/h2-5,11-12,16H,1,6-10H2/t16-,19+/m1/s1. The van der Waals surface area contributed by atoms with E-state index in [1.54, 1.807) is 18.3 Å². The van der Waals surface area contributed by atoms with E-state index < -0.39 is 5.72 Å². The number of benzene rings is 1. The van der Waals surface area contributed by atoms with Crippen molar-refractivity contribution in [2.45, 2.75) is 31.0 Å². The van der Waals surface area contributed by atoms with Crippen molar-refractivity contribution in [1.82, 2.24) is 14.8 Å². The van der Waals surface area contributed by atoms with E-state index in [0.717, 1.165) is 18.5 Å². The second-order valence-corrected chi connectivity index (χ2v) is 7.00. The van der Waals surface area contributed by atoms with Gasteiger partial charge in [0.15, 0.2) is 17.9 Å². The highest BCUT2D eigenvalue weighted by molar-refractivity contribution is 5.96. The maximum absolute atomic E-state index is 13.1. The summed E-state index contributed by atoms with van der Waals surface area (Å²) >= 11 is 0. The Kier molecular flexibility index (Phi) is 3.40. The molecular formula is C19H19N3O4. The molecular weight excluding hydrogens is 334 g/mol. The summed E-state index contributed by atoms with van der Waals surface area (Å²) in [4.78, 5) is 33.0. The summed E-state index contributed by atoms with van der Waals surface area (Å²) in [5.41, 5.74) is 0.868. The molecule has 3 fully saturated rings. The number of hydrogen-bond acceptors (Lipinski definition) is 5. The number of oxazole rings is 1. The van der Waals surface area contributed by atoms with Crippen molar-refractivity contribution in [2.75, 3.05) is 19.7 Å². The Labute approximate surface area is 150 Å². The minimum atomic E-state index is -0.606. The molecule has 1 spiro atoms. The molecule has 2 aromatic rings. The third kappa shape index (κ3) is 2.13. The number of carbonyl (C=O) groups is 2. The molecule has 1 aromatic heterocycles. The second-order valence-electron chi connectivity index (χ2n) is 7.00. The summed E-state index contributed by atoms with van der Waals surface area (Å²) in [5, 5.41) is 0. The predicted molar refractivity (Wildman–Crippen MR) is 91.0 cm³/mol. The maximum atomic E-state index is 13.1. The van der Waals surface area contributed by atoms with E-state index in [4.69, 9.17) is 9.15 Å². The summed E-state index contributed by atoms with van der Waals surface area (Å²) in [7, 11) is 0. The van der Waals surface area contributed by atoms with Crippen LogP contribution >= 0.6 is 0 Å². The molecule has 3 aliphatic heterocycles. The normalized spacial score (nSPS) is 27.5. The zero-order chi connectivity index (χ0) is 17.7. The fourth-order valence-corrected chi connectivity index (χ4v) is 4.49. The Balaban J connectivity index is 1.40. The molecule has 26 heavy (non-hydrogen) atoms. The number of aromatic nitrogens is 1. The first-order valence-corrected chi connectivity index (χ1v) is 8.93. The number of carbonyl (C=O) groups excluding carboxylic acids is 2. The molecule has 3 aliphatic rings. The maximum Gasteiger partial charge on any atom is 0.254 e. The molecule has 134 valence electrons. The van der Waals surface area contributed by atoms with Gasteiger partial charge >= 0.3 is 0 Å². The van der Waals surface area contributed by atoms with Gasteiger partial charge in [0.05, 0.1) is 25.3 Å². The van der Waals surface area contributed by atoms with Gasteiger partial charge in [-0.05, 0) is 18.6 Å². The average Bonchev–Trinajstić information content (AvgIpc) is 3.37. The van der Waals surface area contributed by atoms with E-state index in [2.05, 4.69) is 4.98 Å². The minimum absolute atomic E-state index is 0.0557. The van der Waals surface area contributed by atoms with Crippen LogP contribution in [0, 0.1) is 0 Å². The molecule has 0 unspecified atom stereocenters. The fraction of sp³-hybridized carbons (Fsp3) is 0.421. The number of likely N-dealkylation sites (tertiary alicyclic amines) is 1. The van der Waals surface area contributed by atoms with Crippen molar-refractivity contribution in [3.8, 4) is 11.3 Å². The molecule has 0 bridgehead atoms. The van der Waals surface area contributed by atoms with E-state index in [1.807, 2.05) is 21.9 Å². The second kappa shape index (κ2) is 5.67. The van der Waals surface area contributed by atoms with Crippen LogP contribution in [-0.4, -0.2) is 58.1 Å². The largest absolute Gasteiger partial charge is 0.444 e. The lowest BCUT2D eigenvalue weighted by Crippen LogP contribution is -2.56. The molecule has 0 radical (unpaired) electrons. The van der Waals surface area contributed by atoms with Gasteiger partial charge in [-0.1, -0.05) is 12.1 Å². The van der Waals surface area contributed by atoms with E-state index in [-0.39, 0.29) is 17.9 Å². The molecule has 2 atom stereocenters. The highest BCUT2D eigenvalue weighted by atomic mass is 16.5. The van der Waals surface area contributed by atoms with E-state index >= 15 is 0 Å². The SMILES string of the molecule is O=C(c1ccc(-c2cnco2)cc1)N1CC[C@@]23OCCCN2C(=O)C[C@@H]13. The highest BCUT2D eigenvalue weighted by Gasteiger charge is 2.61. The lowest BCUT2D eigenvalue weighted by Gasteiger charge is -2.42. The van der Waals surface area contributed by atoms with Crippen LogP contribution in [0.1, 0.15) is 29.6 Å². The van der Waals surface area contributed by atoms with Crippen LogP contribution in [0.3, 0.4) is 0 Å². The quantitative estimate of drug-likeness (QED) is 0.824. The molecule has 0 saturated carbocycles. The molecule has 5 rings (SSSR count). The molecule has 7 heteroatoms. The van der Waals surface area contributed by atoms with Crippen molar-refractivity contribution in [2.24, 2.45) is 0 Å². The van der Waals surface area contributed by atoms with Gasteiger partial charge in [-0.2, -0.15) is 0 Å². The van der Waals surface area contributed by atoms with Crippen LogP contribution < -0.4 is 0 Å². The lowest BCUT2D eigenvalue weighted by atomic mass is 10.0. The Hall–Kier alpha value is -2.67. The van der Waals surface area contributed by atoms with Crippen LogP contribution in [-0.2, 0) is 9.53 Å². The zero-order valence-corrected chi connectivity index (χ0v) is 14.3. The number of nitrogens with zero attached hydrogens (tertiary/aromatic N) is 3. The molecule has 1 aromatic carbocycles. The summed E-state index contributed by atoms with van der Waals surface area (Å²) in [6.45, 7) is 1.98. The van der Waals surface area contributed by atoms with Gasteiger partial charge in [0.25, 0.3) is 5.91 Å². The van der Waals surface area contributed by atoms with Crippen molar-refractivity contribution >= 4 is 11.8 Å². The van der Waals surface area contributed by atoms with Crippen LogP contribution in [0.2, 0.25) is 0 Å². The Morgan fingerprint density at radius 1 is 1.23 bits per heavy atom. The fourth-order valence-electron chi connectivity index (χ4n) is 4.49. The van der Waals surface area contributed by atoms with Gasteiger partial charge in [-0.25, -0.2) is 4.98 Å². The van der Waals surface area contributed by atoms with Gasteiger partial charge in [-0.3, -0.25) is 9.59 Å². The third-order valence-electron chi connectivity index (χ3n) is 5.72. The third-order valence-corrected chi connectivity index (χ3v) is 5.72. The average molecular weight is 353 g/mol. The number of ether oxygens (including phenoxy) is 1. The van der Waals surface area contributed by atoms with Gasteiger partial charge < -0.3 is 19.0 Å². The van der Waals surface area contributed by atoms with Crippen LogP contribution in [0.15, 0.2) is 41.3 Å². The minimum Gasteiger partial charge on any atom is -0.444 e. The molecule has 0 N–H and O–H groups in total. The van der Waals surface area contributed by atoms with Crippen molar-refractivity contribution < 1.29 is 18.7 Å². The van der Waals surface area contributed by atoms with Gasteiger partial charge in [-0.15, -0.1) is 0 Å². The number of amides is 2. The Bertz CT molecular complexity index is 848. The zero-order valence-electron chi connectivity index (χ0n) is 14.3. The number of hydrogen-bond donors (Lipinski definition) is 0. The monoisotopic (exact) mass is 353 g/mol. The van der Waals surface area contributed by atoms with Gasteiger partial charge in [0.2, 0.25) is 5.91 Å². The van der Waals surface area contributed by atoms with E-state index in [0.29, 0.717) is 37.3 Å². The van der Waals surface area contributed by atoms with E-state index in [1.165, 1.54) is 6.39 Å². The van der Waals surface area contributed by atoms with Crippen LogP contribution in [0.4, 0.5) is 0 Å². The first-order valence-electron chi connectivity index (χ1n) is 8.93. The highest BCUT2D eigenvalue weighted by Crippen LogP contribution is 2.45. The summed E-state index contributed by atoms with van der Waals surface area (Å²) in [6, 6.07) is 7.09. The molecule has 3 saturated heterocycles. The molecule has 0 aliphatic carbocycles. The number of rotatable bonds is 2. The van der Waals surface area contributed by atoms with E-state index in [9.17, 15) is 9.59 Å². The van der Waals surface area contributed by atoms with Gasteiger partial charge in [0.1, 0.15) is 0 Å². The van der Waals surface area contributed by atoms with Crippen molar-refractivity contribution in [1.29, 1.82) is 0 Å². The van der Waals surface area contributed by atoms with Crippen molar-refractivity contribution in [3.05, 3.63) is 42.4 Å². The first-order chi connectivity index (χ1) is 12.7. The Morgan fingerprint density at radius 2 is 2.08 bits per heavy atom. The first kappa shape index (κ1) is 15.6. The molecule has 7 nitrogen and oxygen atoms in total. The smallest absolute Gasteiger partial charge is 0.254 e.